The van der Waals surface area contributed by atoms with Gasteiger partial charge in [0.2, 0.25) is 0 Å². The molecule has 6 nitrogen and oxygen atoms in total. The molecular weight excluding hydrogens is 244 g/mol. The number of imidazole rings is 1. The van der Waals surface area contributed by atoms with Crippen molar-refractivity contribution in [1.29, 1.82) is 0 Å². The summed E-state index contributed by atoms with van der Waals surface area (Å²) in [5, 5.41) is 10.3. The van der Waals surface area contributed by atoms with Gasteiger partial charge in [0.25, 0.3) is 0 Å². The molecule has 0 amide bonds. The molecule has 3 rings (SSSR count). The number of nitrogens with zero attached hydrogens (tertiary/aromatic N) is 2. The molecule has 4 N–H and O–H groups in total. The lowest BCUT2D eigenvalue weighted by Crippen LogP contribution is -1.94. The minimum Gasteiger partial charge on any atom is -0.508 e. The molecule has 0 saturated heterocycles. The van der Waals surface area contributed by atoms with Crippen LogP contribution in [-0.2, 0) is 11.3 Å². The third-order valence-electron chi connectivity index (χ3n) is 2.93. The second kappa shape index (κ2) is 4.40. The number of pyridine rings is 1. The largest absolute Gasteiger partial charge is 0.508 e. The first-order valence-electron chi connectivity index (χ1n) is 6.03. The van der Waals surface area contributed by atoms with Crippen LogP contribution in [0.5, 0.6) is 5.75 Å². The van der Waals surface area contributed by atoms with Gasteiger partial charge in [0.1, 0.15) is 35.0 Å². The van der Waals surface area contributed by atoms with Crippen LogP contribution in [0.4, 0.5) is 5.82 Å². The summed E-state index contributed by atoms with van der Waals surface area (Å²) < 4.78 is 5.33. The van der Waals surface area contributed by atoms with E-state index in [9.17, 15) is 5.11 Å². The third-order valence-corrected chi connectivity index (χ3v) is 2.93. The SMILES string of the molecule is CCOCc1nc2c([nH]1)c(N)nc1cc(O)ccc12. The molecule has 0 saturated carbocycles. The number of aromatic nitrogens is 3. The topological polar surface area (TPSA) is 97.0 Å². The molecule has 2 heterocycles. The molecule has 2 aromatic heterocycles. The molecule has 0 spiro atoms. The summed E-state index contributed by atoms with van der Waals surface area (Å²) in [5.41, 5.74) is 7.98. The first kappa shape index (κ1) is 11.7. The highest BCUT2D eigenvalue weighted by atomic mass is 16.5. The van der Waals surface area contributed by atoms with E-state index in [4.69, 9.17) is 10.5 Å². The fourth-order valence-corrected chi connectivity index (χ4v) is 2.07. The second-order valence-electron chi connectivity index (χ2n) is 4.24. The zero-order valence-electron chi connectivity index (χ0n) is 10.5. The number of phenols is 1. The Hall–Kier alpha value is -2.34. The molecule has 0 bridgehead atoms. The number of ether oxygens (including phenoxy) is 1. The maximum Gasteiger partial charge on any atom is 0.150 e. The molecule has 19 heavy (non-hydrogen) atoms. The summed E-state index contributed by atoms with van der Waals surface area (Å²) in [6.45, 7) is 2.96. The van der Waals surface area contributed by atoms with Crippen LogP contribution in [-0.4, -0.2) is 26.7 Å². The smallest absolute Gasteiger partial charge is 0.150 e. The van der Waals surface area contributed by atoms with Gasteiger partial charge in [0.15, 0.2) is 0 Å². The lowest BCUT2D eigenvalue weighted by atomic mass is 10.2. The summed E-state index contributed by atoms with van der Waals surface area (Å²) in [4.78, 5) is 11.9. The Kier molecular flexibility index (Phi) is 2.72. The molecule has 0 atom stereocenters. The van der Waals surface area contributed by atoms with Crippen LogP contribution in [0.15, 0.2) is 18.2 Å². The van der Waals surface area contributed by atoms with E-state index in [1.54, 1.807) is 18.2 Å². The number of H-pyrrole nitrogens is 1. The van der Waals surface area contributed by atoms with E-state index in [1.165, 1.54) is 0 Å². The number of rotatable bonds is 3. The normalized spacial score (nSPS) is 11.4. The number of nitrogens with two attached hydrogens (primary N) is 1. The van der Waals surface area contributed by atoms with Crippen molar-refractivity contribution in [2.24, 2.45) is 0 Å². The van der Waals surface area contributed by atoms with Crippen LogP contribution in [0.1, 0.15) is 12.7 Å². The Morgan fingerprint density at radius 2 is 2.21 bits per heavy atom. The Balaban J connectivity index is 2.24. The first-order chi connectivity index (χ1) is 9.19. The third kappa shape index (κ3) is 1.96. The fraction of sp³-hybridized carbons (Fsp3) is 0.231. The van der Waals surface area contributed by atoms with Gasteiger partial charge >= 0.3 is 0 Å². The molecular formula is C13H14N4O2. The minimum atomic E-state index is 0.156. The Bertz CT molecular complexity index is 751. The lowest BCUT2D eigenvalue weighted by molar-refractivity contribution is 0.129. The average Bonchev–Trinajstić information content (AvgIpc) is 2.81. The summed E-state index contributed by atoms with van der Waals surface area (Å²) in [5.74, 6) is 1.23. The molecule has 6 heteroatoms. The van der Waals surface area contributed by atoms with Crippen molar-refractivity contribution in [3.8, 4) is 5.75 Å². The van der Waals surface area contributed by atoms with Gasteiger partial charge in [-0.3, -0.25) is 0 Å². The highest BCUT2D eigenvalue weighted by molar-refractivity contribution is 6.06. The van der Waals surface area contributed by atoms with E-state index < -0.39 is 0 Å². The highest BCUT2D eigenvalue weighted by Crippen LogP contribution is 2.28. The number of fused-ring (bicyclic) bond motifs is 3. The Labute approximate surface area is 109 Å². The molecule has 3 aromatic rings. The molecule has 0 aliphatic carbocycles. The van der Waals surface area contributed by atoms with Crippen LogP contribution < -0.4 is 5.73 Å². The van der Waals surface area contributed by atoms with Gasteiger partial charge in [-0.2, -0.15) is 0 Å². The molecule has 0 aliphatic rings. The zero-order chi connectivity index (χ0) is 13.4. The van der Waals surface area contributed by atoms with E-state index >= 15 is 0 Å². The standard InChI is InChI=1S/C13H14N4O2/c1-2-19-6-10-16-11-8-4-3-7(18)5-9(8)15-13(14)12(11)17-10/h3-5,18H,2,6H2,1H3,(H2,14,15)(H,16,17). The number of hydrogen-bond acceptors (Lipinski definition) is 5. The Morgan fingerprint density at radius 1 is 1.37 bits per heavy atom. The van der Waals surface area contributed by atoms with Crippen molar-refractivity contribution < 1.29 is 9.84 Å². The maximum absolute atomic E-state index is 9.49. The van der Waals surface area contributed by atoms with Gasteiger partial charge in [-0.1, -0.05) is 0 Å². The number of nitrogen functional groups attached to an aromatic ring is 1. The van der Waals surface area contributed by atoms with Gasteiger partial charge in [-0.05, 0) is 19.1 Å². The number of phenolic OH excluding ortho intramolecular Hbond substituents is 1. The van der Waals surface area contributed by atoms with Crippen molar-refractivity contribution in [2.75, 3.05) is 12.3 Å². The zero-order valence-corrected chi connectivity index (χ0v) is 10.5. The van der Waals surface area contributed by atoms with Gasteiger partial charge in [0.05, 0.1) is 5.52 Å². The van der Waals surface area contributed by atoms with Crippen molar-refractivity contribution in [3.05, 3.63) is 24.0 Å². The number of aromatic hydroxyl groups is 1. The summed E-state index contributed by atoms with van der Waals surface area (Å²) in [6.07, 6.45) is 0. The molecule has 1 aromatic carbocycles. The average molecular weight is 258 g/mol. The lowest BCUT2D eigenvalue weighted by Gasteiger charge is -2.01. The van der Waals surface area contributed by atoms with Crippen LogP contribution >= 0.6 is 0 Å². The van der Waals surface area contributed by atoms with Crippen molar-refractivity contribution in [3.63, 3.8) is 0 Å². The predicted molar refractivity (Wildman–Crippen MR) is 72.8 cm³/mol. The summed E-state index contributed by atoms with van der Waals surface area (Å²) in [7, 11) is 0. The van der Waals surface area contributed by atoms with Crippen molar-refractivity contribution >= 4 is 27.8 Å². The number of hydrogen-bond donors (Lipinski definition) is 3. The summed E-state index contributed by atoms with van der Waals surface area (Å²) in [6, 6.07) is 4.96. The number of anilines is 1. The molecule has 0 radical (unpaired) electrons. The fourth-order valence-electron chi connectivity index (χ4n) is 2.07. The van der Waals surface area contributed by atoms with E-state index in [2.05, 4.69) is 15.0 Å². The number of aromatic amines is 1. The van der Waals surface area contributed by atoms with E-state index in [-0.39, 0.29) is 5.75 Å². The van der Waals surface area contributed by atoms with Crippen LogP contribution in [0.3, 0.4) is 0 Å². The van der Waals surface area contributed by atoms with Gasteiger partial charge in [0, 0.05) is 18.1 Å². The number of benzene rings is 1. The van der Waals surface area contributed by atoms with Gasteiger partial charge in [-0.25, -0.2) is 9.97 Å². The van der Waals surface area contributed by atoms with E-state index in [1.807, 2.05) is 6.92 Å². The minimum absolute atomic E-state index is 0.156. The van der Waals surface area contributed by atoms with Crippen LogP contribution in [0.2, 0.25) is 0 Å². The summed E-state index contributed by atoms with van der Waals surface area (Å²) >= 11 is 0. The van der Waals surface area contributed by atoms with Crippen LogP contribution in [0, 0.1) is 0 Å². The molecule has 0 aliphatic heterocycles. The van der Waals surface area contributed by atoms with Gasteiger partial charge < -0.3 is 20.6 Å². The van der Waals surface area contributed by atoms with E-state index in [0.717, 1.165) is 10.9 Å². The quantitative estimate of drug-likeness (QED) is 0.667. The Morgan fingerprint density at radius 3 is 3.00 bits per heavy atom. The number of nitrogens with one attached hydrogen (secondary N) is 1. The van der Waals surface area contributed by atoms with E-state index in [0.29, 0.717) is 35.9 Å². The predicted octanol–water partition coefficient (Wildman–Crippen LogP) is 1.94. The maximum atomic E-state index is 9.49. The van der Waals surface area contributed by atoms with Crippen molar-refractivity contribution in [1.82, 2.24) is 15.0 Å². The van der Waals surface area contributed by atoms with Gasteiger partial charge in [-0.15, -0.1) is 0 Å². The molecule has 98 valence electrons. The highest BCUT2D eigenvalue weighted by Gasteiger charge is 2.12. The van der Waals surface area contributed by atoms with Crippen LogP contribution in [0.25, 0.3) is 21.9 Å². The molecule has 0 unspecified atom stereocenters. The molecule has 0 fully saturated rings. The first-order valence-corrected chi connectivity index (χ1v) is 6.03. The second-order valence-corrected chi connectivity index (χ2v) is 4.24. The van der Waals surface area contributed by atoms with Crippen molar-refractivity contribution in [2.45, 2.75) is 13.5 Å². The monoisotopic (exact) mass is 258 g/mol.